The van der Waals surface area contributed by atoms with Crippen molar-refractivity contribution >= 4 is 28.3 Å². The Morgan fingerprint density at radius 2 is 1.50 bits per heavy atom. The molecule has 3 aromatic rings. The number of aliphatic hydroxyl groups excluding tert-OH is 2. The maximum absolute atomic E-state index is 15.2. The number of likely N-dealkylation sites (N-methyl/N-ethyl adjacent to an activating group) is 2. The number of aryl methyl sites for hydroxylation is 1. The maximum Gasteiger partial charge on any atom is 0.202 e. The number of ketones is 2. The Morgan fingerprint density at radius 3 is 2.11 bits per heavy atom. The second-order valence-corrected chi connectivity index (χ2v) is 17.7. The monoisotopic (exact) mass is 774 g/mol. The van der Waals surface area contributed by atoms with E-state index in [1.165, 1.54) is 25.1 Å². The molecule has 10 unspecified atom stereocenters. The summed E-state index contributed by atoms with van der Waals surface area (Å²) in [5.74, 6) is -3.72. The Labute approximate surface area is 324 Å². The Bertz CT molecular complexity index is 2330. The molecular formula is C42H50N2O12. The first-order valence-electron chi connectivity index (χ1n) is 18.9. The Morgan fingerprint density at radius 1 is 0.839 bits per heavy atom. The van der Waals surface area contributed by atoms with Crippen molar-refractivity contribution in [1.82, 2.24) is 9.80 Å². The number of carbonyl (C=O) groups excluding carboxylic acids is 2. The van der Waals surface area contributed by atoms with Gasteiger partial charge >= 0.3 is 0 Å². The molecule has 8 rings (SSSR count). The molecule has 0 spiro atoms. The highest BCUT2D eigenvalue weighted by Gasteiger charge is 2.70. The average Bonchev–Trinajstić information content (AvgIpc) is 3.98. The van der Waals surface area contributed by atoms with E-state index in [9.17, 15) is 30.0 Å². The van der Waals surface area contributed by atoms with Crippen LogP contribution in [0.3, 0.4) is 0 Å². The fourth-order valence-electron chi connectivity index (χ4n) is 9.03. The highest BCUT2D eigenvalue weighted by atomic mass is 16.7. The van der Waals surface area contributed by atoms with Crippen molar-refractivity contribution in [1.29, 1.82) is 0 Å². The SMILES string of the molecule is Cc1cc2c(c3oc(C4(C)OC4C4OC4(C)C)cc(=O)c13)C(=O)c1c(O)c(C3CC(C)(N(C)C)C(O)C(C)(O)O3)cc(C3=CC(N(C)C)C(O)C(C)O3)c1C2=O. The van der Waals surface area contributed by atoms with Gasteiger partial charge in [0.1, 0.15) is 53.4 Å². The average molecular weight is 775 g/mol. The lowest BCUT2D eigenvalue weighted by Crippen LogP contribution is -2.65. The van der Waals surface area contributed by atoms with Gasteiger partial charge in [0.15, 0.2) is 22.6 Å². The van der Waals surface area contributed by atoms with E-state index in [-0.39, 0.29) is 68.4 Å². The molecule has 0 bridgehead atoms. The quantitative estimate of drug-likeness (QED) is 0.209. The van der Waals surface area contributed by atoms with Gasteiger partial charge in [-0.3, -0.25) is 14.4 Å². The van der Waals surface area contributed by atoms with Gasteiger partial charge in [0, 0.05) is 28.3 Å². The summed E-state index contributed by atoms with van der Waals surface area (Å²) in [5.41, 5.74) is -3.16. The number of hydrogen-bond donors (Lipinski definition) is 4. The van der Waals surface area contributed by atoms with Gasteiger partial charge in [-0.15, -0.1) is 0 Å². The van der Waals surface area contributed by atoms with Crippen LogP contribution in [0, 0.1) is 6.92 Å². The van der Waals surface area contributed by atoms with Gasteiger partial charge in [-0.1, -0.05) is 0 Å². The van der Waals surface area contributed by atoms with Gasteiger partial charge in [0.2, 0.25) is 5.78 Å². The molecule has 14 heteroatoms. The summed E-state index contributed by atoms with van der Waals surface area (Å²) in [5, 5.41) is 46.1. The standard InChI is InChI=1S/C42H50N2O12/c1-17-12-21-29(35-27(17)23(45)15-26(53-35)41(6)37(56-41)36-39(3,4)55-36)34(49)30-28(33(21)48)19(24-14-22(43(8)9)31(46)18(2)52-24)13-20(32(30)47)25-16-40(5,44(10)11)38(50)42(7,51)54-25/h12-15,18,22,25,31,36-38,46-47,50-51H,16H2,1-11H3. The number of aliphatic hydroxyl groups is 3. The largest absolute Gasteiger partial charge is 0.507 e. The Kier molecular flexibility index (Phi) is 8.51. The highest BCUT2D eigenvalue weighted by Crippen LogP contribution is 2.57. The lowest BCUT2D eigenvalue weighted by molar-refractivity contribution is -0.322. The van der Waals surface area contributed by atoms with Crippen molar-refractivity contribution in [3.63, 3.8) is 0 Å². The number of epoxide rings is 2. The first kappa shape index (κ1) is 38.9. The topological polar surface area (TPSA) is 195 Å². The van der Waals surface area contributed by atoms with Gasteiger partial charge in [-0.2, -0.15) is 0 Å². The third-order valence-electron chi connectivity index (χ3n) is 12.9. The summed E-state index contributed by atoms with van der Waals surface area (Å²) in [6.07, 6.45) is -3.06. The van der Waals surface area contributed by atoms with Crippen molar-refractivity contribution in [3.8, 4) is 5.75 Å². The summed E-state index contributed by atoms with van der Waals surface area (Å²) in [6, 6.07) is 3.80. The number of nitrogens with zero attached hydrogens (tertiary/aromatic N) is 2. The molecule has 56 heavy (non-hydrogen) atoms. The zero-order valence-corrected chi connectivity index (χ0v) is 33.5. The minimum atomic E-state index is -2.10. The summed E-state index contributed by atoms with van der Waals surface area (Å²) < 4.78 is 30.7. The van der Waals surface area contributed by atoms with Crippen LogP contribution in [0.4, 0.5) is 0 Å². The lowest BCUT2D eigenvalue weighted by atomic mass is 9.75. The minimum absolute atomic E-state index is 0.0277. The van der Waals surface area contributed by atoms with E-state index in [0.717, 1.165) is 0 Å². The number of phenolic OH excluding ortho intramolecular Hbond substituents is 1. The lowest BCUT2D eigenvalue weighted by Gasteiger charge is -2.52. The number of fused-ring (bicyclic) bond motifs is 4. The van der Waals surface area contributed by atoms with Gasteiger partial charge in [0.05, 0.1) is 39.8 Å². The van der Waals surface area contributed by atoms with E-state index in [4.69, 9.17) is 23.4 Å². The summed E-state index contributed by atoms with van der Waals surface area (Å²) in [6.45, 7) is 12.1. The normalized spacial score (nSPS) is 36.0. The van der Waals surface area contributed by atoms with Crippen LogP contribution in [0.2, 0.25) is 0 Å². The molecule has 4 aliphatic heterocycles. The number of phenols is 1. The third-order valence-corrected chi connectivity index (χ3v) is 12.9. The second kappa shape index (κ2) is 12.3. The highest BCUT2D eigenvalue weighted by molar-refractivity contribution is 6.33. The van der Waals surface area contributed by atoms with Crippen LogP contribution in [-0.2, 0) is 24.5 Å². The summed E-state index contributed by atoms with van der Waals surface area (Å²) >= 11 is 0. The van der Waals surface area contributed by atoms with E-state index in [0.29, 0.717) is 5.56 Å². The van der Waals surface area contributed by atoms with Crippen LogP contribution in [0.15, 0.2) is 33.5 Å². The molecule has 1 aromatic heterocycles. The molecule has 3 fully saturated rings. The Hall–Kier alpha value is -3.99. The number of ether oxygens (including phenoxy) is 4. The number of benzene rings is 2. The molecule has 5 aliphatic rings. The predicted molar refractivity (Wildman–Crippen MR) is 203 cm³/mol. The number of hydrogen-bond acceptors (Lipinski definition) is 14. The van der Waals surface area contributed by atoms with Crippen LogP contribution in [0.5, 0.6) is 5.75 Å². The van der Waals surface area contributed by atoms with Crippen LogP contribution >= 0.6 is 0 Å². The van der Waals surface area contributed by atoms with E-state index in [2.05, 4.69) is 0 Å². The number of aromatic hydroxyl groups is 1. The van der Waals surface area contributed by atoms with Gasteiger partial charge < -0.3 is 53.6 Å². The molecule has 14 nitrogen and oxygen atoms in total. The second-order valence-electron chi connectivity index (χ2n) is 17.7. The number of rotatable bonds is 6. The molecule has 1 aliphatic carbocycles. The van der Waals surface area contributed by atoms with E-state index in [1.807, 2.05) is 13.8 Å². The fraction of sp³-hybridized carbons (Fsp3) is 0.548. The zero-order valence-electron chi connectivity index (χ0n) is 33.5. The van der Waals surface area contributed by atoms with Crippen molar-refractivity contribution in [2.24, 2.45) is 0 Å². The fourth-order valence-corrected chi connectivity index (χ4v) is 9.03. The van der Waals surface area contributed by atoms with Crippen LogP contribution in [-0.4, -0.2) is 123 Å². The van der Waals surface area contributed by atoms with Crippen molar-refractivity contribution in [3.05, 3.63) is 79.2 Å². The first-order valence-corrected chi connectivity index (χ1v) is 18.9. The predicted octanol–water partition coefficient (Wildman–Crippen LogP) is 3.28. The molecule has 10 atom stereocenters. The van der Waals surface area contributed by atoms with E-state index in [1.54, 1.807) is 71.8 Å². The molecule has 0 radical (unpaired) electrons. The molecule has 4 N–H and O–H groups in total. The summed E-state index contributed by atoms with van der Waals surface area (Å²) in [7, 11) is 7.07. The molecule has 300 valence electrons. The van der Waals surface area contributed by atoms with Crippen molar-refractivity contribution in [2.45, 2.75) is 120 Å². The van der Waals surface area contributed by atoms with E-state index < -0.39 is 81.8 Å². The zero-order chi connectivity index (χ0) is 40.9. The van der Waals surface area contributed by atoms with Gasteiger partial charge in [0.25, 0.3) is 0 Å². The van der Waals surface area contributed by atoms with Crippen molar-refractivity contribution < 1.29 is 53.4 Å². The molecule has 0 amide bonds. The summed E-state index contributed by atoms with van der Waals surface area (Å²) in [4.78, 5) is 47.5. The van der Waals surface area contributed by atoms with Crippen LogP contribution in [0.1, 0.15) is 108 Å². The molecule has 3 saturated heterocycles. The third kappa shape index (κ3) is 5.48. The smallest absolute Gasteiger partial charge is 0.202 e. The van der Waals surface area contributed by atoms with Gasteiger partial charge in [-0.05, 0) is 107 Å². The molecular weight excluding hydrogens is 724 g/mol. The van der Waals surface area contributed by atoms with Gasteiger partial charge in [-0.25, -0.2) is 0 Å². The first-order chi connectivity index (χ1) is 25.9. The number of carbonyl (C=O) groups is 2. The van der Waals surface area contributed by atoms with E-state index >= 15 is 4.79 Å². The Balaban J connectivity index is 1.37. The molecule has 2 aromatic carbocycles. The van der Waals surface area contributed by atoms with Crippen LogP contribution < -0.4 is 5.43 Å². The maximum atomic E-state index is 15.2. The van der Waals surface area contributed by atoms with Crippen LogP contribution in [0.25, 0.3) is 16.7 Å². The van der Waals surface area contributed by atoms with Crippen molar-refractivity contribution in [2.75, 3.05) is 28.2 Å². The molecule has 0 saturated carbocycles. The molecule has 5 heterocycles. The minimum Gasteiger partial charge on any atom is -0.507 e.